The standard InChI is InChI=1S/C25H28N6O3S/c1-2-3-12-31-22(27)21(23(33)29-25(31)34)30(14-16-8-5-4-6-9-16)15-20(32)28-24-18(13-26)17-10-7-11-19(17)35-24/h4-6,8-9H,2-3,7,10-12,14-15,27H2,1H3,(H,28,32)(H,29,33,34). The van der Waals surface area contributed by atoms with Gasteiger partial charge in [-0.2, -0.15) is 5.26 Å². The second kappa shape index (κ2) is 10.6. The van der Waals surface area contributed by atoms with Gasteiger partial charge in [0.25, 0.3) is 5.56 Å². The molecule has 0 saturated heterocycles. The average molecular weight is 493 g/mol. The highest BCUT2D eigenvalue weighted by atomic mass is 32.1. The summed E-state index contributed by atoms with van der Waals surface area (Å²) in [4.78, 5) is 43.5. The van der Waals surface area contributed by atoms with Gasteiger partial charge in [0, 0.05) is 18.0 Å². The Kier molecular flexibility index (Phi) is 7.36. The molecule has 0 unspecified atom stereocenters. The van der Waals surface area contributed by atoms with Gasteiger partial charge in [-0.1, -0.05) is 43.7 Å². The van der Waals surface area contributed by atoms with Gasteiger partial charge in [-0.15, -0.1) is 11.3 Å². The molecule has 0 bridgehead atoms. The Hall–Kier alpha value is -3.84. The zero-order valence-corrected chi connectivity index (χ0v) is 20.4. The van der Waals surface area contributed by atoms with Crippen molar-refractivity contribution in [3.63, 3.8) is 0 Å². The van der Waals surface area contributed by atoms with Gasteiger partial charge in [-0.25, -0.2) is 4.79 Å². The minimum Gasteiger partial charge on any atom is -0.383 e. The van der Waals surface area contributed by atoms with Gasteiger partial charge in [0.2, 0.25) is 5.91 Å². The van der Waals surface area contributed by atoms with Crippen LogP contribution in [0.3, 0.4) is 0 Å². The van der Waals surface area contributed by atoms with Crippen molar-refractivity contribution in [2.24, 2.45) is 0 Å². The van der Waals surface area contributed by atoms with E-state index in [2.05, 4.69) is 16.4 Å². The van der Waals surface area contributed by atoms with E-state index in [4.69, 9.17) is 5.73 Å². The molecule has 1 aromatic carbocycles. The molecule has 0 fully saturated rings. The lowest BCUT2D eigenvalue weighted by atomic mass is 10.1. The first-order valence-electron chi connectivity index (χ1n) is 11.7. The highest BCUT2D eigenvalue weighted by molar-refractivity contribution is 7.16. The third kappa shape index (κ3) is 5.15. The van der Waals surface area contributed by atoms with Gasteiger partial charge >= 0.3 is 5.69 Å². The molecule has 0 atom stereocenters. The van der Waals surface area contributed by atoms with Crippen LogP contribution >= 0.6 is 11.3 Å². The van der Waals surface area contributed by atoms with E-state index in [0.717, 1.165) is 48.1 Å². The van der Waals surface area contributed by atoms with Crippen molar-refractivity contribution in [1.82, 2.24) is 9.55 Å². The number of thiophene rings is 1. The van der Waals surface area contributed by atoms with Crippen LogP contribution in [-0.2, 0) is 30.7 Å². The highest BCUT2D eigenvalue weighted by Gasteiger charge is 2.25. The molecule has 35 heavy (non-hydrogen) atoms. The van der Waals surface area contributed by atoms with Crippen molar-refractivity contribution in [2.45, 2.75) is 52.1 Å². The van der Waals surface area contributed by atoms with Crippen LogP contribution in [0.25, 0.3) is 0 Å². The molecule has 0 spiro atoms. The first-order valence-corrected chi connectivity index (χ1v) is 12.5. The fourth-order valence-electron chi connectivity index (χ4n) is 4.39. The van der Waals surface area contributed by atoms with E-state index in [0.29, 0.717) is 17.1 Å². The molecule has 9 nitrogen and oxygen atoms in total. The molecule has 4 N–H and O–H groups in total. The van der Waals surface area contributed by atoms with Crippen LogP contribution in [0.5, 0.6) is 0 Å². The number of rotatable bonds is 9. The maximum atomic E-state index is 13.2. The number of amides is 1. The van der Waals surface area contributed by atoms with Crippen molar-refractivity contribution in [3.05, 3.63) is 72.7 Å². The van der Waals surface area contributed by atoms with E-state index in [-0.39, 0.29) is 30.5 Å². The third-order valence-corrected chi connectivity index (χ3v) is 7.31. The SMILES string of the molecule is CCCCn1c(N)c(N(CC(=O)Nc2sc3c(c2C#N)CCC3)Cc2ccccc2)c(=O)[nH]c1=O. The van der Waals surface area contributed by atoms with Crippen molar-refractivity contribution in [3.8, 4) is 6.07 Å². The predicted octanol–water partition coefficient (Wildman–Crippen LogP) is 2.99. The topological polar surface area (TPSA) is 137 Å². The number of unbranched alkanes of at least 4 members (excludes halogenated alkanes) is 1. The van der Waals surface area contributed by atoms with Gasteiger partial charge in [-0.3, -0.25) is 19.1 Å². The Morgan fingerprint density at radius 1 is 1.29 bits per heavy atom. The van der Waals surface area contributed by atoms with Crippen molar-refractivity contribution >= 4 is 33.8 Å². The summed E-state index contributed by atoms with van der Waals surface area (Å²) in [5.41, 5.74) is 7.62. The zero-order chi connectivity index (χ0) is 24.9. The van der Waals surface area contributed by atoms with E-state index >= 15 is 0 Å². The number of nitrogens with two attached hydrogens (primary N) is 1. The molecule has 2 aromatic heterocycles. The Morgan fingerprint density at radius 2 is 2.06 bits per heavy atom. The number of fused-ring (bicyclic) bond motifs is 1. The lowest BCUT2D eigenvalue weighted by molar-refractivity contribution is -0.115. The molecular weight excluding hydrogens is 464 g/mol. The highest BCUT2D eigenvalue weighted by Crippen LogP contribution is 2.38. The van der Waals surface area contributed by atoms with Crippen LogP contribution in [0, 0.1) is 11.3 Å². The zero-order valence-electron chi connectivity index (χ0n) is 19.6. The van der Waals surface area contributed by atoms with Crippen LogP contribution in [-0.4, -0.2) is 22.0 Å². The van der Waals surface area contributed by atoms with Crippen molar-refractivity contribution in [1.29, 1.82) is 5.26 Å². The first kappa shape index (κ1) is 24.3. The first-order chi connectivity index (χ1) is 16.9. The summed E-state index contributed by atoms with van der Waals surface area (Å²) in [5.74, 6) is -0.341. The Bertz CT molecular complexity index is 1380. The number of anilines is 3. The molecule has 1 aliphatic rings. The lowest BCUT2D eigenvalue weighted by Crippen LogP contribution is -2.41. The summed E-state index contributed by atoms with van der Waals surface area (Å²) >= 11 is 1.44. The number of aryl methyl sites for hydroxylation is 1. The molecule has 0 saturated carbocycles. The van der Waals surface area contributed by atoms with Gasteiger partial charge in [-0.05, 0) is 36.8 Å². The molecular formula is C25H28N6O3S. The number of aromatic amines is 1. The summed E-state index contributed by atoms with van der Waals surface area (Å²) in [7, 11) is 0. The number of hydrogen-bond donors (Lipinski definition) is 3. The summed E-state index contributed by atoms with van der Waals surface area (Å²) in [6, 6.07) is 11.6. The van der Waals surface area contributed by atoms with Crippen LogP contribution in [0.4, 0.5) is 16.5 Å². The summed E-state index contributed by atoms with van der Waals surface area (Å²) in [6.45, 7) is 2.42. The van der Waals surface area contributed by atoms with E-state index in [1.807, 2.05) is 37.3 Å². The number of nitrogens with one attached hydrogen (secondary N) is 2. The number of benzene rings is 1. The Balaban J connectivity index is 1.67. The van der Waals surface area contributed by atoms with Crippen LogP contribution in [0.1, 0.15) is 47.8 Å². The quantitative estimate of drug-likeness (QED) is 0.420. The van der Waals surface area contributed by atoms with Crippen LogP contribution < -0.4 is 27.2 Å². The van der Waals surface area contributed by atoms with Crippen molar-refractivity contribution in [2.75, 3.05) is 22.5 Å². The fourth-order valence-corrected chi connectivity index (χ4v) is 5.65. The molecule has 2 heterocycles. The summed E-state index contributed by atoms with van der Waals surface area (Å²) < 4.78 is 1.34. The molecule has 4 rings (SSSR count). The minimum absolute atomic E-state index is 0.0312. The number of H-pyrrole nitrogens is 1. The molecule has 1 amide bonds. The number of carbonyl (C=O) groups excluding carboxylic acids is 1. The van der Waals surface area contributed by atoms with E-state index < -0.39 is 11.2 Å². The monoisotopic (exact) mass is 492 g/mol. The largest absolute Gasteiger partial charge is 0.383 e. The molecule has 10 heteroatoms. The number of hydrogen-bond acceptors (Lipinski definition) is 7. The van der Waals surface area contributed by atoms with Crippen molar-refractivity contribution < 1.29 is 4.79 Å². The second-order valence-corrected chi connectivity index (χ2v) is 9.67. The molecule has 1 aliphatic carbocycles. The van der Waals surface area contributed by atoms with Gasteiger partial charge in [0.1, 0.15) is 22.6 Å². The molecule has 0 aliphatic heterocycles. The molecule has 182 valence electrons. The normalized spacial score (nSPS) is 12.2. The van der Waals surface area contributed by atoms with E-state index in [9.17, 15) is 19.6 Å². The minimum atomic E-state index is -0.642. The van der Waals surface area contributed by atoms with Gasteiger partial charge in [0.05, 0.1) is 12.1 Å². The maximum Gasteiger partial charge on any atom is 0.330 e. The predicted molar refractivity (Wildman–Crippen MR) is 138 cm³/mol. The van der Waals surface area contributed by atoms with E-state index in [1.165, 1.54) is 15.9 Å². The molecule has 0 radical (unpaired) electrons. The maximum absolute atomic E-state index is 13.2. The fraction of sp³-hybridized carbons (Fsp3) is 0.360. The number of carbonyl (C=O) groups is 1. The molecule has 3 aromatic rings. The number of nitriles is 1. The second-order valence-electron chi connectivity index (χ2n) is 8.56. The third-order valence-electron chi connectivity index (χ3n) is 6.10. The van der Waals surface area contributed by atoms with Gasteiger partial charge < -0.3 is 16.0 Å². The number of nitrogen functional groups attached to an aromatic ring is 1. The van der Waals surface area contributed by atoms with E-state index in [1.54, 1.807) is 4.90 Å². The number of aromatic nitrogens is 2. The lowest BCUT2D eigenvalue weighted by Gasteiger charge is -2.26. The number of nitrogens with zero attached hydrogens (tertiary/aromatic N) is 3. The summed E-state index contributed by atoms with van der Waals surface area (Å²) in [5, 5.41) is 13.0. The Morgan fingerprint density at radius 3 is 2.77 bits per heavy atom. The smallest absolute Gasteiger partial charge is 0.330 e. The van der Waals surface area contributed by atoms with Crippen LogP contribution in [0.15, 0.2) is 39.9 Å². The average Bonchev–Trinajstić information content (AvgIpc) is 3.40. The Labute approximate surface area is 206 Å². The van der Waals surface area contributed by atoms with Crippen LogP contribution in [0.2, 0.25) is 0 Å². The summed E-state index contributed by atoms with van der Waals surface area (Å²) in [6.07, 6.45) is 4.34. The van der Waals surface area contributed by atoms with Gasteiger partial charge in [0.15, 0.2) is 0 Å².